The van der Waals surface area contributed by atoms with Crippen molar-refractivity contribution in [3.8, 4) is 10.6 Å². The van der Waals surface area contributed by atoms with E-state index < -0.39 is 0 Å². The zero-order valence-electron chi connectivity index (χ0n) is 15.0. The Kier molecular flexibility index (Phi) is 5.94. The first-order chi connectivity index (χ1) is 13.3. The van der Waals surface area contributed by atoms with Crippen molar-refractivity contribution in [1.82, 2.24) is 20.4 Å². The Morgan fingerprint density at radius 3 is 2.78 bits per heavy atom. The standard InChI is InChI=1S/C20H23FN4OS/c21-17-5-3-15(4-6-17)18(25-7-9-26-10-8-25)14-22-12-16-13-23-24-20(16)19-2-1-11-27-19/h1-6,11,13,18,22H,7-10,12,14H2,(H,23,24). The van der Waals surface area contributed by atoms with Crippen molar-refractivity contribution >= 4 is 11.3 Å². The predicted molar refractivity (Wildman–Crippen MR) is 105 cm³/mol. The quantitative estimate of drug-likeness (QED) is 0.653. The summed E-state index contributed by atoms with van der Waals surface area (Å²) in [6, 6.07) is 11.2. The van der Waals surface area contributed by atoms with E-state index in [1.54, 1.807) is 11.3 Å². The highest BCUT2D eigenvalue weighted by molar-refractivity contribution is 7.13. The van der Waals surface area contributed by atoms with Gasteiger partial charge in [0.1, 0.15) is 5.82 Å². The molecule has 5 nitrogen and oxygen atoms in total. The number of thiophene rings is 1. The summed E-state index contributed by atoms with van der Waals surface area (Å²) < 4.78 is 18.8. The Bertz CT molecular complexity index is 828. The molecule has 1 aliphatic rings. The molecule has 0 saturated carbocycles. The van der Waals surface area contributed by atoms with Gasteiger partial charge in [0.05, 0.1) is 30.0 Å². The van der Waals surface area contributed by atoms with Gasteiger partial charge in [-0.05, 0) is 29.1 Å². The molecule has 142 valence electrons. The molecule has 0 aliphatic carbocycles. The monoisotopic (exact) mass is 386 g/mol. The Morgan fingerprint density at radius 2 is 2.04 bits per heavy atom. The van der Waals surface area contributed by atoms with Crippen molar-refractivity contribution in [2.75, 3.05) is 32.8 Å². The second-order valence-electron chi connectivity index (χ2n) is 6.59. The van der Waals surface area contributed by atoms with Gasteiger partial charge in [0.2, 0.25) is 0 Å². The Hall–Kier alpha value is -2.06. The number of aromatic nitrogens is 2. The third kappa shape index (κ3) is 4.44. The van der Waals surface area contributed by atoms with E-state index in [0.717, 1.165) is 56.2 Å². The fourth-order valence-electron chi connectivity index (χ4n) is 3.45. The number of benzene rings is 1. The summed E-state index contributed by atoms with van der Waals surface area (Å²) in [6.07, 6.45) is 1.88. The average Bonchev–Trinajstić information content (AvgIpc) is 3.38. The molecule has 1 saturated heterocycles. The molecule has 3 aromatic rings. The third-order valence-electron chi connectivity index (χ3n) is 4.88. The van der Waals surface area contributed by atoms with Gasteiger partial charge in [0.15, 0.2) is 0 Å². The first-order valence-corrected chi connectivity index (χ1v) is 10.0. The first kappa shape index (κ1) is 18.3. The lowest BCUT2D eigenvalue weighted by atomic mass is 10.0. The molecule has 1 fully saturated rings. The van der Waals surface area contributed by atoms with Crippen LogP contribution in [0.2, 0.25) is 0 Å². The van der Waals surface area contributed by atoms with Crippen LogP contribution >= 0.6 is 11.3 Å². The van der Waals surface area contributed by atoms with E-state index in [-0.39, 0.29) is 11.9 Å². The lowest BCUT2D eigenvalue weighted by Gasteiger charge is -2.35. The van der Waals surface area contributed by atoms with Gasteiger partial charge < -0.3 is 10.1 Å². The van der Waals surface area contributed by atoms with Crippen molar-refractivity contribution in [2.24, 2.45) is 0 Å². The number of nitrogens with zero attached hydrogens (tertiary/aromatic N) is 2. The topological polar surface area (TPSA) is 53.2 Å². The van der Waals surface area contributed by atoms with E-state index in [1.165, 1.54) is 17.0 Å². The Labute approximate surface area is 162 Å². The zero-order valence-corrected chi connectivity index (χ0v) is 15.8. The summed E-state index contributed by atoms with van der Waals surface area (Å²) in [7, 11) is 0. The molecule has 0 spiro atoms. The zero-order chi connectivity index (χ0) is 18.5. The smallest absolute Gasteiger partial charge is 0.123 e. The number of halogens is 1. The summed E-state index contributed by atoms with van der Waals surface area (Å²) in [6.45, 7) is 4.75. The van der Waals surface area contributed by atoms with Crippen LogP contribution < -0.4 is 5.32 Å². The van der Waals surface area contributed by atoms with Crippen LogP contribution in [0.4, 0.5) is 4.39 Å². The number of hydrogen-bond acceptors (Lipinski definition) is 5. The molecule has 7 heteroatoms. The van der Waals surface area contributed by atoms with Crippen LogP contribution in [0.3, 0.4) is 0 Å². The van der Waals surface area contributed by atoms with Crippen molar-refractivity contribution < 1.29 is 9.13 Å². The molecule has 0 radical (unpaired) electrons. The summed E-state index contributed by atoms with van der Waals surface area (Å²) in [5.41, 5.74) is 3.34. The van der Waals surface area contributed by atoms with Crippen molar-refractivity contribution in [3.63, 3.8) is 0 Å². The van der Waals surface area contributed by atoms with Crippen LogP contribution in [0.25, 0.3) is 10.6 Å². The van der Waals surface area contributed by atoms with E-state index in [0.29, 0.717) is 0 Å². The average molecular weight is 386 g/mol. The molecular weight excluding hydrogens is 363 g/mol. The molecule has 1 atom stereocenters. The summed E-state index contributed by atoms with van der Waals surface area (Å²) in [5.74, 6) is -0.202. The highest BCUT2D eigenvalue weighted by Crippen LogP contribution is 2.26. The minimum absolute atomic E-state index is 0.187. The number of morpholine rings is 1. The van der Waals surface area contributed by atoms with E-state index >= 15 is 0 Å². The number of aromatic amines is 1. The number of rotatable bonds is 7. The Balaban J connectivity index is 1.44. The van der Waals surface area contributed by atoms with E-state index in [9.17, 15) is 4.39 Å². The van der Waals surface area contributed by atoms with Crippen molar-refractivity contribution in [1.29, 1.82) is 0 Å². The third-order valence-corrected chi connectivity index (χ3v) is 5.77. The molecule has 27 heavy (non-hydrogen) atoms. The van der Waals surface area contributed by atoms with Gasteiger partial charge in [-0.1, -0.05) is 18.2 Å². The van der Waals surface area contributed by atoms with Gasteiger partial charge in [-0.2, -0.15) is 5.10 Å². The van der Waals surface area contributed by atoms with E-state index in [1.807, 2.05) is 24.4 Å². The molecule has 0 bridgehead atoms. The maximum absolute atomic E-state index is 13.4. The molecular formula is C20H23FN4OS. The van der Waals surface area contributed by atoms with E-state index in [2.05, 4.69) is 31.9 Å². The second-order valence-corrected chi connectivity index (χ2v) is 7.54. The normalized spacial score (nSPS) is 16.5. The number of ether oxygens (including phenoxy) is 1. The Morgan fingerprint density at radius 1 is 1.22 bits per heavy atom. The minimum atomic E-state index is -0.202. The number of H-pyrrole nitrogens is 1. The molecule has 1 aromatic carbocycles. The van der Waals surface area contributed by atoms with Crippen molar-refractivity contribution in [2.45, 2.75) is 12.6 Å². The number of hydrogen-bond donors (Lipinski definition) is 2. The molecule has 4 rings (SSSR count). The van der Waals surface area contributed by atoms with E-state index in [4.69, 9.17) is 4.74 Å². The van der Waals surface area contributed by atoms with Crippen LogP contribution in [-0.2, 0) is 11.3 Å². The SMILES string of the molecule is Fc1ccc(C(CNCc2cn[nH]c2-c2cccs2)N2CCOCC2)cc1. The highest BCUT2D eigenvalue weighted by atomic mass is 32.1. The van der Waals surface area contributed by atoms with Gasteiger partial charge in [0.25, 0.3) is 0 Å². The first-order valence-electron chi connectivity index (χ1n) is 9.15. The minimum Gasteiger partial charge on any atom is -0.379 e. The highest BCUT2D eigenvalue weighted by Gasteiger charge is 2.22. The maximum atomic E-state index is 13.4. The van der Waals surface area contributed by atoms with Gasteiger partial charge in [-0.25, -0.2) is 4.39 Å². The lowest BCUT2D eigenvalue weighted by Crippen LogP contribution is -2.42. The summed E-state index contributed by atoms with van der Waals surface area (Å²) >= 11 is 1.70. The van der Waals surface area contributed by atoms with Gasteiger partial charge >= 0.3 is 0 Å². The summed E-state index contributed by atoms with van der Waals surface area (Å²) in [4.78, 5) is 3.59. The fourth-order valence-corrected chi connectivity index (χ4v) is 4.21. The largest absolute Gasteiger partial charge is 0.379 e. The van der Waals surface area contributed by atoms with Crippen LogP contribution in [0.5, 0.6) is 0 Å². The van der Waals surface area contributed by atoms with Gasteiger partial charge in [-0.3, -0.25) is 10.00 Å². The van der Waals surface area contributed by atoms with Crippen LogP contribution in [0.15, 0.2) is 48.0 Å². The van der Waals surface area contributed by atoms with Gasteiger partial charge in [0, 0.05) is 37.8 Å². The molecule has 0 amide bonds. The molecule has 3 heterocycles. The van der Waals surface area contributed by atoms with Crippen molar-refractivity contribution in [3.05, 3.63) is 64.9 Å². The fraction of sp³-hybridized carbons (Fsp3) is 0.350. The maximum Gasteiger partial charge on any atom is 0.123 e. The molecule has 2 aromatic heterocycles. The molecule has 1 unspecified atom stereocenters. The number of nitrogens with one attached hydrogen (secondary N) is 2. The predicted octanol–water partition coefficient (Wildman–Crippen LogP) is 3.44. The van der Waals surface area contributed by atoms with Crippen LogP contribution in [0, 0.1) is 5.82 Å². The summed E-state index contributed by atoms with van der Waals surface area (Å²) in [5, 5.41) is 12.9. The molecule has 2 N–H and O–H groups in total. The second kappa shape index (κ2) is 8.75. The van der Waals surface area contributed by atoms with Crippen LogP contribution in [0.1, 0.15) is 17.2 Å². The molecule has 1 aliphatic heterocycles. The van der Waals surface area contributed by atoms with Gasteiger partial charge in [-0.15, -0.1) is 11.3 Å². The van der Waals surface area contributed by atoms with Crippen LogP contribution in [-0.4, -0.2) is 47.9 Å². The lowest BCUT2D eigenvalue weighted by molar-refractivity contribution is 0.0161.